The maximum Gasteiger partial charge on any atom is 0.407 e. The maximum absolute atomic E-state index is 13.9. The van der Waals surface area contributed by atoms with E-state index in [4.69, 9.17) is 19.5 Å². The average Bonchev–Trinajstić information content (AvgIpc) is 4.13. The molecule has 4 heterocycles. The summed E-state index contributed by atoms with van der Waals surface area (Å²) in [6.45, 7) is 9.05. The summed E-state index contributed by atoms with van der Waals surface area (Å²) in [5, 5.41) is 5.52. The number of nitrogens with zero attached hydrogens (tertiary/aromatic N) is 4. The molecule has 2 saturated heterocycles. The van der Waals surface area contributed by atoms with E-state index in [2.05, 4.69) is 47.0 Å². The first kappa shape index (κ1) is 43.4. The molecule has 2 aliphatic carbocycles. The molecule has 2 aromatic rings. The standard InChI is InChI=1S/C50H64N6O6/c1-30(2)44(53-48(59)61-5)46(57)55-22-10-12-42(55)40-24-34(28-51-40)32-14-16-33(17-15-32)36-18-19-37(39-27-50(26-38(36)39)20-8-7-9-21-50)35-25-41(52-29-35)43-13-11-23-56(43)47(58)45(31(3)4)54-49(60)62-6/h14-19,28-31,42-45H,7-13,20-27H2,1-6H3,(H,53,59)(H,54,60)/t42-,43-,44-,45-/m0/s1. The highest BCUT2D eigenvalue weighted by Crippen LogP contribution is 2.52. The lowest BCUT2D eigenvalue weighted by molar-refractivity contribution is -0.134. The van der Waals surface area contributed by atoms with Crippen molar-refractivity contribution < 1.29 is 28.7 Å². The molecule has 0 unspecified atom stereocenters. The quantitative estimate of drug-likeness (QED) is 0.232. The third-order valence-electron chi connectivity index (χ3n) is 14.5. The van der Waals surface area contributed by atoms with Crippen LogP contribution in [0.1, 0.15) is 121 Å². The van der Waals surface area contributed by atoms with Gasteiger partial charge >= 0.3 is 12.2 Å². The fraction of sp³-hybridized carbons (Fsp3) is 0.560. The number of amides is 4. The molecule has 12 heteroatoms. The van der Waals surface area contributed by atoms with Gasteiger partial charge < -0.3 is 29.9 Å². The minimum Gasteiger partial charge on any atom is -0.453 e. The number of fused-ring (bicyclic) bond motifs is 1. The van der Waals surface area contributed by atoms with Crippen molar-refractivity contribution in [2.24, 2.45) is 27.2 Å². The lowest BCUT2D eigenvalue weighted by atomic mass is 9.72. The van der Waals surface area contributed by atoms with Crippen LogP contribution >= 0.6 is 0 Å². The summed E-state index contributed by atoms with van der Waals surface area (Å²) in [6, 6.07) is 12.1. The Kier molecular flexibility index (Phi) is 12.8. The zero-order valence-electron chi connectivity index (χ0n) is 37.4. The van der Waals surface area contributed by atoms with E-state index in [1.54, 1.807) is 0 Å². The van der Waals surface area contributed by atoms with Crippen LogP contribution in [0.3, 0.4) is 0 Å². The van der Waals surface area contributed by atoms with E-state index in [-0.39, 0.29) is 35.7 Å². The van der Waals surface area contributed by atoms with Crippen LogP contribution in [0.15, 0.2) is 58.8 Å². The zero-order valence-corrected chi connectivity index (χ0v) is 37.4. The zero-order chi connectivity index (χ0) is 43.7. The van der Waals surface area contributed by atoms with Gasteiger partial charge in [0.25, 0.3) is 0 Å². The van der Waals surface area contributed by atoms with Crippen LogP contribution in [0.2, 0.25) is 0 Å². The topological polar surface area (TPSA) is 142 Å². The van der Waals surface area contributed by atoms with Crippen molar-refractivity contribution in [1.82, 2.24) is 20.4 Å². The molecule has 2 aromatic carbocycles. The lowest BCUT2D eigenvalue weighted by Gasteiger charge is -2.33. The molecule has 3 fully saturated rings. The first-order chi connectivity index (χ1) is 29.9. The molecule has 0 aromatic heterocycles. The minimum absolute atomic E-state index is 0.0738. The predicted molar refractivity (Wildman–Crippen MR) is 243 cm³/mol. The molecule has 62 heavy (non-hydrogen) atoms. The van der Waals surface area contributed by atoms with Crippen LogP contribution in [-0.4, -0.2) is 96.7 Å². The van der Waals surface area contributed by atoms with Gasteiger partial charge in [-0.2, -0.15) is 0 Å². The van der Waals surface area contributed by atoms with Gasteiger partial charge in [-0.25, -0.2) is 9.59 Å². The molecule has 8 rings (SSSR count). The maximum atomic E-state index is 13.9. The number of hydrogen-bond donors (Lipinski definition) is 2. The van der Waals surface area contributed by atoms with Crippen LogP contribution in [0.25, 0.3) is 22.3 Å². The summed E-state index contributed by atoms with van der Waals surface area (Å²) in [6.07, 6.45) is 16.3. The summed E-state index contributed by atoms with van der Waals surface area (Å²) >= 11 is 0. The average molecular weight is 845 g/mol. The molecule has 330 valence electrons. The molecule has 1 spiro atoms. The van der Waals surface area contributed by atoms with Crippen LogP contribution < -0.4 is 10.6 Å². The van der Waals surface area contributed by atoms with Crippen molar-refractivity contribution in [3.63, 3.8) is 0 Å². The molecule has 4 amide bonds. The Bertz CT molecular complexity index is 2200. The van der Waals surface area contributed by atoms with Gasteiger partial charge in [-0.05, 0) is 113 Å². The number of alkyl carbamates (subject to hydrolysis) is 2. The Morgan fingerprint density at radius 3 is 1.61 bits per heavy atom. The SMILES string of the molecule is COC(=O)N[C@H](C(=O)N1CCC[C@H]1C1=NC=C(c2ccc(-c3ccc(C4=CN=C([C@@H]5CCCN5C(=O)[C@@H](NC(=O)OC)C(C)C)C4)c4c3CC3(CCCCC3)C4)cc2)C1)C(C)C. The highest BCUT2D eigenvalue weighted by atomic mass is 16.5. The second-order valence-corrected chi connectivity index (χ2v) is 19.1. The molecule has 6 aliphatic rings. The number of allylic oxidation sites excluding steroid dienone is 2. The molecule has 2 N–H and O–H groups in total. The Morgan fingerprint density at radius 2 is 1.10 bits per heavy atom. The van der Waals surface area contributed by atoms with E-state index >= 15 is 0 Å². The van der Waals surface area contributed by atoms with Crippen LogP contribution in [0.4, 0.5) is 9.59 Å². The second-order valence-electron chi connectivity index (χ2n) is 19.1. The van der Waals surface area contributed by atoms with E-state index in [0.29, 0.717) is 31.3 Å². The number of aliphatic imine (C=N–C) groups is 2. The number of nitrogens with one attached hydrogen (secondary N) is 2. The third kappa shape index (κ3) is 8.58. The Morgan fingerprint density at radius 1 is 0.629 bits per heavy atom. The van der Waals surface area contributed by atoms with Crippen molar-refractivity contribution in [1.29, 1.82) is 0 Å². The van der Waals surface area contributed by atoms with Crippen molar-refractivity contribution in [2.75, 3.05) is 27.3 Å². The Balaban J connectivity index is 0.979. The first-order valence-electron chi connectivity index (χ1n) is 23.0. The van der Waals surface area contributed by atoms with Gasteiger partial charge in [-0.1, -0.05) is 83.4 Å². The summed E-state index contributed by atoms with van der Waals surface area (Å²) in [4.78, 5) is 65.5. The first-order valence-corrected chi connectivity index (χ1v) is 23.0. The van der Waals surface area contributed by atoms with Crippen molar-refractivity contribution in [3.8, 4) is 11.1 Å². The van der Waals surface area contributed by atoms with Gasteiger partial charge in [0, 0.05) is 49.8 Å². The molecular weight excluding hydrogens is 781 g/mol. The highest BCUT2D eigenvalue weighted by Gasteiger charge is 2.43. The number of benzene rings is 2. The molecule has 4 aliphatic heterocycles. The summed E-state index contributed by atoms with van der Waals surface area (Å²) < 4.78 is 9.66. The molecular formula is C50H64N6O6. The van der Waals surface area contributed by atoms with Crippen molar-refractivity contribution >= 4 is 46.6 Å². The third-order valence-corrected chi connectivity index (χ3v) is 14.5. The van der Waals surface area contributed by atoms with Gasteiger partial charge in [0.2, 0.25) is 11.8 Å². The van der Waals surface area contributed by atoms with Crippen LogP contribution in [-0.2, 0) is 31.9 Å². The van der Waals surface area contributed by atoms with Gasteiger partial charge in [0.15, 0.2) is 0 Å². The fourth-order valence-electron chi connectivity index (χ4n) is 11.2. The number of carbonyl (C=O) groups excluding carboxylic acids is 4. The number of ether oxygens (including phenoxy) is 2. The summed E-state index contributed by atoms with van der Waals surface area (Å²) in [5.41, 5.74) is 12.6. The minimum atomic E-state index is -0.656. The van der Waals surface area contributed by atoms with Gasteiger partial charge in [-0.3, -0.25) is 19.6 Å². The predicted octanol–water partition coefficient (Wildman–Crippen LogP) is 8.52. The number of rotatable bonds is 11. The number of methoxy groups -OCH3 is 2. The Hall–Kier alpha value is -5.26. The number of hydrogen-bond acceptors (Lipinski definition) is 8. The smallest absolute Gasteiger partial charge is 0.407 e. The van der Waals surface area contributed by atoms with Crippen molar-refractivity contribution in [3.05, 3.63) is 71.1 Å². The van der Waals surface area contributed by atoms with Crippen LogP contribution in [0.5, 0.6) is 0 Å². The lowest BCUT2D eigenvalue weighted by Crippen LogP contribution is -2.53. The molecule has 1 saturated carbocycles. The van der Waals surface area contributed by atoms with E-state index in [0.717, 1.165) is 61.1 Å². The van der Waals surface area contributed by atoms with Gasteiger partial charge in [-0.15, -0.1) is 0 Å². The molecule has 0 radical (unpaired) electrons. The van der Waals surface area contributed by atoms with Gasteiger partial charge in [0.05, 0.1) is 26.3 Å². The van der Waals surface area contributed by atoms with Gasteiger partial charge in [0.1, 0.15) is 12.1 Å². The van der Waals surface area contributed by atoms with E-state index < -0.39 is 24.3 Å². The molecule has 0 bridgehead atoms. The molecule has 12 nitrogen and oxygen atoms in total. The van der Waals surface area contributed by atoms with E-state index in [1.165, 1.54) is 79.7 Å². The number of carbonyl (C=O) groups is 4. The van der Waals surface area contributed by atoms with E-state index in [9.17, 15) is 19.2 Å². The summed E-state index contributed by atoms with van der Waals surface area (Å²) in [5.74, 6) is -0.321. The van der Waals surface area contributed by atoms with Crippen molar-refractivity contribution in [2.45, 2.75) is 135 Å². The largest absolute Gasteiger partial charge is 0.453 e. The Labute approximate surface area is 366 Å². The normalized spacial score (nSPS) is 22.6. The number of likely N-dealkylation sites (tertiary alicyclic amines) is 2. The second kappa shape index (κ2) is 18.2. The van der Waals surface area contributed by atoms with Crippen LogP contribution in [0, 0.1) is 17.3 Å². The molecule has 4 atom stereocenters. The fourth-order valence-corrected chi connectivity index (χ4v) is 11.2. The highest BCUT2D eigenvalue weighted by molar-refractivity contribution is 6.05. The monoisotopic (exact) mass is 844 g/mol. The van der Waals surface area contributed by atoms with E-state index in [1.807, 2.05) is 49.9 Å². The summed E-state index contributed by atoms with van der Waals surface area (Å²) in [7, 11) is 2.63.